The van der Waals surface area contributed by atoms with Crippen LogP contribution in [0, 0.1) is 0 Å². The van der Waals surface area contributed by atoms with E-state index in [1.807, 2.05) is 13.8 Å². The molecule has 2 rings (SSSR count). The van der Waals surface area contributed by atoms with Crippen LogP contribution in [0.1, 0.15) is 41.1 Å². The first-order valence-electron chi connectivity index (χ1n) is 7.52. The molecule has 0 spiro atoms. The van der Waals surface area contributed by atoms with E-state index in [2.05, 4.69) is 20.6 Å². The fraction of sp³-hybridized carbons (Fsp3) is 0.312. The molecule has 122 valence electrons. The van der Waals surface area contributed by atoms with Crippen LogP contribution in [0.3, 0.4) is 0 Å². The molecule has 0 bridgehead atoms. The number of carbonyl (C=O) groups excluding carboxylic acids is 2. The molecule has 0 saturated carbocycles. The first-order chi connectivity index (χ1) is 11.2. The Labute approximate surface area is 134 Å². The molecule has 0 aliphatic heterocycles. The van der Waals surface area contributed by atoms with E-state index >= 15 is 0 Å². The minimum Gasteiger partial charge on any atom is -0.493 e. The Morgan fingerprint density at radius 3 is 2.74 bits per heavy atom. The Kier molecular flexibility index (Phi) is 5.74. The minimum absolute atomic E-state index is 0.153. The van der Waals surface area contributed by atoms with Crippen molar-refractivity contribution < 1.29 is 14.3 Å². The molecule has 3 N–H and O–H groups in total. The summed E-state index contributed by atoms with van der Waals surface area (Å²) in [5.41, 5.74) is 0.546. The lowest BCUT2D eigenvalue weighted by atomic mass is 10.2. The predicted molar refractivity (Wildman–Crippen MR) is 86.8 cm³/mol. The minimum atomic E-state index is -0.372. The maximum atomic E-state index is 12.4. The molecule has 1 heterocycles. The van der Waals surface area contributed by atoms with Gasteiger partial charge in [-0.3, -0.25) is 9.59 Å². The van der Waals surface area contributed by atoms with Crippen LogP contribution in [0.2, 0.25) is 0 Å². The molecule has 0 radical (unpaired) electrons. The van der Waals surface area contributed by atoms with Gasteiger partial charge in [-0.25, -0.2) is 4.98 Å². The average molecular weight is 316 g/mol. The Morgan fingerprint density at radius 1 is 1.22 bits per heavy atom. The number of aromatic amines is 1. The molecule has 2 aromatic rings. The molecule has 0 aliphatic rings. The largest absolute Gasteiger partial charge is 0.493 e. The van der Waals surface area contributed by atoms with Gasteiger partial charge in [-0.05, 0) is 25.5 Å². The second-order valence-electron chi connectivity index (χ2n) is 4.77. The van der Waals surface area contributed by atoms with Crippen molar-refractivity contribution in [2.45, 2.75) is 20.3 Å². The molecule has 23 heavy (non-hydrogen) atoms. The van der Waals surface area contributed by atoms with Crippen molar-refractivity contribution in [1.29, 1.82) is 0 Å². The third-order valence-electron chi connectivity index (χ3n) is 3.06. The van der Waals surface area contributed by atoms with Gasteiger partial charge in [0.15, 0.2) is 5.69 Å². The first-order valence-corrected chi connectivity index (χ1v) is 7.52. The Bertz CT molecular complexity index is 681. The highest BCUT2D eigenvalue weighted by Gasteiger charge is 2.18. The lowest BCUT2D eigenvalue weighted by Gasteiger charge is -2.10. The second-order valence-corrected chi connectivity index (χ2v) is 4.77. The summed E-state index contributed by atoms with van der Waals surface area (Å²) >= 11 is 0. The van der Waals surface area contributed by atoms with Crippen LogP contribution in [0.4, 0.5) is 5.82 Å². The highest BCUT2D eigenvalue weighted by molar-refractivity contribution is 6.08. The predicted octanol–water partition coefficient (Wildman–Crippen LogP) is 2.20. The number of benzene rings is 1. The van der Waals surface area contributed by atoms with Crippen molar-refractivity contribution in [3.63, 3.8) is 0 Å². The van der Waals surface area contributed by atoms with E-state index < -0.39 is 0 Å². The van der Waals surface area contributed by atoms with Gasteiger partial charge in [0.1, 0.15) is 11.6 Å². The number of carbonyl (C=O) groups is 2. The molecule has 1 aromatic heterocycles. The van der Waals surface area contributed by atoms with Crippen LogP contribution in [-0.4, -0.2) is 34.9 Å². The summed E-state index contributed by atoms with van der Waals surface area (Å²) in [6.07, 6.45) is 2.19. The third-order valence-corrected chi connectivity index (χ3v) is 3.06. The summed E-state index contributed by atoms with van der Waals surface area (Å²) in [5, 5.41) is 5.39. The molecular formula is C16H20N4O3. The van der Waals surface area contributed by atoms with Crippen LogP contribution in [0.25, 0.3) is 0 Å². The van der Waals surface area contributed by atoms with Gasteiger partial charge in [0, 0.05) is 6.54 Å². The number of para-hydroxylation sites is 1. The molecule has 0 unspecified atom stereocenters. The molecule has 0 atom stereocenters. The van der Waals surface area contributed by atoms with Crippen molar-refractivity contribution in [2.24, 2.45) is 0 Å². The number of amides is 2. The zero-order chi connectivity index (χ0) is 16.7. The van der Waals surface area contributed by atoms with Crippen LogP contribution < -0.4 is 15.4 Å². The maximum Gasteiger partial charge on any atom is 0.273 e. The normalized spacial score (nSPS) is 10.2. The van der Waals surface area contributed by atoms with E-state index in [0.717, 1.165) is 6.42 Å². The number of hydrogen-bond donors (Lipinski definition) is 3. The van der Waals surface area contributed by atoms with E-state index in [4.69, 9.17) is 4.74 Å². The van der Waals surface area contributed by atoms with Crippen molar-refractivity contribution in [3.05, 3.63) is 41.9 Å². The smallest absolute Gasteiger partial charge is 0.273 e. The molecule has 7 nitrogen and oxygen atoms in total. The second kappa shape index (κ2) is 7.98. The molecule has 0 aliphatic carbocycles. The van der Waals surface area contributed by atoms with E-state index in [-0.39, 0.29) is 23.3 Å². The topological polar surface area (TPSA) is 96.1 Å². The molecule has 2 amide bonds. The number of anilines is 1. The molecule has 0 fully saturated rings. The maximum absolute atomic E-state index is 12.4. The molecule has 1 aromatic carbocycles. The van der Waals surface area contributed by atoms with Gasteiger partial charge in [0.05, 0.1) is 18.5 Å². The number of nitrogens with zero attached hydrogens (tertiary/aromatic N) is 1. The lowest BCUT2D eigenvalue weighted by Crippen LogP contribution is -2.26. The van der Waals surface area contributed by atoms with Gasteiger partial charge in [0.2, 0.25) is 0 Å². The summed E-state index contributed by atoms with van der Waals surface area (Å²) in [5.74, 6) is 0.0447. The quantitative estimate of drug-likeness (QED) is 0.729. The molecule has 7 heteroatoms. The number of hydrogen-bond acceptors (Lipinski definition) is 4. The van der Waals surface area contributed by atoms with Crippen LogP contribution in [-0.2, 0) is 0 Å². The van der Waals surface area contributed by atoms with Gasteiger partial charge < -0.3 is 20.4 Å². The molecular weight excluding hydrogens is 296 g/mol. The monoisotopic (exact) mass is 316 g/mol. The summed E-state index contributed by atoms with van der Waals surface area (Å²) in [6, 6.07) is 6.93. The first kappa shape index (κ1) is 16.5. The number of nitrogens with one attached hydrogen (secondary N) is 3. The lowest BCUT2D eigenvalue weighted by molar-refractivity contribution is 0.0950. The van der Waals surface area contributed by atoms with Crippen molar-refractivity contribution in [2.75, 3.05) is 18.5 Å². The molecule has 0 saturated heterocycles. The Hall–Kier alpha value is -2.83. The van der Waals surface area contributed by atoms with Gasteiger partial charge >= 0.3 is 0 Å². The fourth-order valence-corrected chi connectivity index (χ4v) is 2.00. The summed E-state index contributed by atoms with van der Waals surface area (Å²) < 4.78 is 5.44. The summed E-state index contributed by atoms with van der Waals surface area (Å²) in [7, 11) is 0. The zero-order valence-electron chi connectivity index (χ0n) is 13.2. The van der Waals surface area contributed by atoms with E-state index in [0.29, 0.717) is 24.5 Å². The van der Waals surface area contributed by atoms with Gasteiger partial charge in [-0.15, -0.1) is 0 Å². The number of ether oxygens (including phenoxy) is 1. The SMILES string of the molecule is CCCNC(=O)c1nc[nH]c1NC(=O)c1ccccc1OCC. The fourth-order valence-electron chi connectivity index (χ4n) is 2.00. The van der Waals surface area contributed by atoms with E-state index in [9.17, 15) is 9.59 Å². The van der Waals surface area contributed by atoms with Crippen molar-refractivity contribution in [1.82, 2.24) is 15.3 Å². The standard InChI is InChI=1S/C16H20N4O3/c1-3-9-17-16(22)13-14(19-10-18-13)20-15(21)11-7-5-6-8-12(11)23-4-2/h5-8,10H,3-4,9H2,1-2H3,(H,17,22)(H,18,19)(H,20,21). The number of imidazole rings is 1. The third kappa shape index (κ3) is 4.09. The summed E-state index contributed by atoms with van der Waals surface area (Å²) in [4.78, 5) is 31.2. The number of H-pyrrole nitrogens is 1. The number of aromatic nitrogens is 2. The van der Waals surface area contributed by atoms with Crippen LogP contribution in [0.15, 0.2) is 30.6 Å². The highest BCUT2D eigenvalue weighted by atomic mass is 16.5. The van der Waals surface area contributed by atoms with Gasteiger partial charge in [-0.1, -0.05) is 19.1 Å². The van der Waals surface area contributed by atoms with Crippen LogP contribution >= 0.6 is 0 Å². The van der Waals surface area contributed by atoms with Crippen molar-refractivity contribution in [3.8, 4) is 5.75 Å². The Morgan fingerprint density at radius 2 is 2.00 bits per heavy atom. The highest BCUT2D eigenvalue weighted by Crippen LogP contribution is 2.20. The van der Waals surface area contributed by atoms with Crippen molar-refractivity contribution >= 4 is 17.6 Å². The Balaban J connectivity index is 2.16. The van der Waals surface area contributed by atoms with E-state index in [1.165, 1.54) is 6.33 Å². The summed E-state index contributed by atoms with van der Waals surface area (Å²) in [6.45, 7) is 4.81. The van der Waals surface area contributed by atoms with E-state index in [1.54, 1.807) is 24.3 Å². The number of rotatable bonds is 7. The van der Waals surface area contributed by atoms with Crippen LogP contribution in [0.5, 0.6) is 5.75 Å². The van der Waals surface area contributed by atoms with Gasteiger partial charge in [0.25, 0.3) is 11.8 Å². The average Bonchev–Trinajstić information content (AvgIpc) is 3.01. The van der Waals surface area contributed by atoms with Gasteiger partial charge in [-0.2, -0.15) is 0 Å². The zero-order valence-corrected chi connectivity index (χ0v) is 13.2.